The summed E-state index contributed by atoms with van der Waals surface area (Å²) >= 11 is 1.55. The van der Waals surface area contributed by atoms with Gasteiger partial charge in [-0.2, -0.15) is 0 Å². The van der Waals surface area contributed by atoms with E-state index in [1.807, 2.05) is 29.6 Å². The van der Waals surface area contributed by atoms with Crippen molar-refractivity contribution in [2.45, 2.75) is 12.3 Å². The Balaban J connectivity index is 1.71. The summed E-state index contributed by atoms with van der Waals surface area (Å²) < 4.78 is 19.8. The number of anilines is 1. The van der Waals surface area contributed by atoms with Gasteiger partial charge >= 0.3 is 0 Å². The number of carbonyl (C=O) groups is 1. The molecule has 1 aliphatic rings. The van der Waals surface area contributed by atoms with E-state index in [1.165, 1.54) is 6.07 Å². The first-order valence-corrected chi connectivity index (χ1v) is 9.55. The summed E-state index contributed by atoms with van der Waals surface area (Å²) in [7, 11) is 0. The van der Waals surface area contributed by atoms with Gasteiger partial charge in [-0.25, -0.2) is 4.39 Å². The zero-order valence-electron chi connectivity index (χ0n) is 14.6. The van der Waals surface area contributed by atoms with Gasteiger partial charge < -0.3 is 10.1 Å². The highest BCUT2D eigenvalue weighted by Gasteiger charge is 2.30. The largest absolute Gasteiger partial charge is 0.490 e. The summed E-state index contributed by atoms with van der Waals surface area (Å²) in [6, 6.07) is 14.4. The Kier molecular flexibility index (Phi) is 4.77. The highest BCUT2D eigenvalue weighted by Crippen LogP contribution is 2.47. The van der Waals surface area contributed by atoms with Crippen LogP contribution in [0.2, 0.25) is 0 Å². The van der Waals surface area contributed by atoms with Gasteiger partial charge in [0.2, 0.25) is 5.91 Å². The third-order valence-corrected chi connectivity index (χ3v) is 5.70. The highest BCUT2D eigenvalue weighted by atomic mass is 32.1. The van der Waals surface area contributed by atoms with E-state index in [4.69, 9.17) is 4.74 Å². The molecule has 1 amide bonds. The second kappa shape index (κ2) is 7.37. The lowest BCUT2D eigenvalue weighted by molar-refractivity contribution is -0.116. The first kappa shape index (κ1) is 17.5. The van der Waals surface area contributed by atoms with Gasteiger partial charge in [-0.05, 0) is 23.8 Å². The smallest absolute Gasteiger partial charge is 0.225 e. The van der Waals surface area contributed by atoms with Crippen molar-refractivity contribution in [3.63, 3.8) is 0 Å². The molecule has 1 aromatic heterocycles. The Labute approximate surface area is 161 Å². The van der Waals surface area contributed by atoms with Crippen LogP contribution in [0.25, 0.3) is 11.1 Å². The second-order valence-electron chi connectivity index (χ2n) is 6.34. The molecule has 0 fully saturated rings. The number of thiophene rings is 1. The van der Waals surface area contributed by atoms with Crippen molar-refractivity contribution in [1.29, 1.82) is 0 Å². The van der Waals surface area contributed by atoms with Crippen LogP contribution in [-0.2, 0) is 4.79 Å². The van der Waals surface area contributed by atoms with Crippen LogP contribution in [-0.4, -0.2) is 12.5 Å². The Morgan fingerprint density at radius 1 is 1.19 bits per heavy atom. The van der Waals surface area contributed by atoms with Crippen molar-refractivity contribution >= 4 is 22.9 Å². The lowest BCUT2D eigenvalue weighted by atomic mass is 9.89. The van der Waals surface area contributed by atoms with E-state index in [2.05, 4.69) is 11.9 Å². The molecule has 0 saturated heterocycles. The SMILES string of the molecule is C=CCOc1ccc(C2CC(=O)Nc3c(-c4ccccc4F)csc32)cc1. The van der Waals surface area contributed by atoms with Gasteiger partial charge in [0, 0.05) is 33.7 Å². The maximum Gasteiger partial charge on any atom is 0.225 e. The fourth-order valence-corrected chi connectivity index (χ4v) is 4.48. The Morgan fingerprint density at radius 2 is 1.96 bits per heavy atom. The van der Waals surface area contributed by atoms with E-state index < -0.39 is 0 Å². The highest BCUT2D eigenvalue weighted by molar-refractivity contribution is 7.11. The molecular formula is C22H18FNO2S. The summed E-state index contributed by atoms with van der Waals surface area (Å²) in [5, 5.41) is 4.86. The van der Waals surface area contributed by atoms with Gasteiger partial charge in [-0.3, -0.25) is 4.79 Å². The third-order valence-electron chi connectivity index (χ3n) is 4.60. The number of nitrogens with one attached hydrogen (secondary N) is 1. The molecule has 1 N–H and O–H groups in total. The van der Waals surface area contributed by atoms with Crippen LogP contribution < -0.4 is 10.1 Å². The number of fused-ring (bicyclic) bond motifs is 1. The second-order valence-corrected chi connectivity index (χ2v) is 7.25. The van der Waals surface area contributed by atoms with Crippen molar-refractivity contribution < 1.29 is 13.9 Å². The number of hydrogen-bond acceptors (Lipinski definition) is 3. The molecule has 0 saturated carbocycles. The molecule has 0 radical (unpaired) electrons. The molecule has 4 rings (SSSR count). The summed E-state index contributed by atoms with van der Waals surface area (Å²) in [5.41, 5.74) is 3.00. The molecule has 27 heavy (non-hydrogen) atoms. The van der Waals surface area contributed by atoms with E-state index in [0.29, 0.717) is 18.6 Å². The topological polar surface area (TPSA) is 38.3 Å². The van der Waals surface area contributed by atoms with Crippen LogP contribution >= 0.6 is 11.3 Å². The van der Waals surface area contributed by atoms with E-state index >= 15 is 0 Å². The molecule has 0 bridgehead atoms. The number of hydrogen-bond donors (Lipinski definition) is 1. The minimum atomic E-state index is -0.293. The molecule has 1 unspecified atom stereocenters. The average Bonchev–Trinajstić information content (AvgIpc) is 3.10. The van der Waals surface area contributed by atoms with E-state index in [1.54, 1.807) is 35.6 Å². The van der Waals surface area contributed by atoms with Crippen molar-refractivity contribution in [2.75, 3.05) is 11.9 Å². The molecular weight excluding hydrogens is 361 g/mol. The van der Waals surface area contributed by atoms with Crippen LogP contribution in [0.4, 0.5) is 10.1 Å². The lowest BCUT2D eigenvalue weighted by Gasteiger charge is -2.24. The van der Waals surface area contributed by atoms with Gasteiger partial charge in [0.25, 0.3) is 0 Å². The maximum absolute atomic E-state index is 14.3. The Morgan fingerprint density at radius 3 is 2.70 bits per heavy atom. The quantitative estimate of drug-likeness (QED) is 0.587. The molecule has 2 aromatic carbocycles. The molecule has 0 aliphatic carbocycles. The lowest BCUT2D eigenvalue weighted by Crippen LogP contribution is -2.22. The minimum absolute atomic E-state index is 0.0484. The molecule has 2 heterocycles. The van der Waals surface area contributed by atoms with Gasteiger partial charge in [0.1, 0.15) is 18.2 Å². The first-order chi connectivity index (χ1) is 13.2. The molecule has 3 aromatic rings. The van der Waals surface area contributed by atoms with Crippen LogP contribution in [0.3, 0.4) is 0 Å². The number of ether oxygens (including phenoxy) is 1. The summed E-state index contributed by atoms with van der Waals surface area (Å²) in [6.45, 7) is 4.09. The molecule has 136 valence electrons. The predicted molar refractivity (Wildman–Crippen MR) is 107 cm³/mol. The zero-order valence-corrected chi connectivity index (χ0v) is 15.4. The van der Waals surface area contributed by atoms with Crippen LogP contribution in [0.1, 0.15) is 22.8 Å². The molecule has 3 nitrogen and oxygen atoms in total. The van der Waals surface area contributed by atoms with Crippen LogP contribution in [0.15, 0.2) is 66.6 Å². The van der Waals surface area contributed by atoms with Crippen molar-refractivity contribution in [3.8, 4) is 16.9 Å². The molecule has 0 spiro atoms. The van der Waals surface area contributed by atoms with Gasteiger partial charge in [0.15, 0.2) is 0 Å². The van der Waals surface area contributed by atoms with E-state index in [9.17, 15) is 9.18 Å². The third kappa shape index (κ3) is 3.38. The zero-order chi connectivity index (χ0) is 18.8. The number of amides is 1. The number of carbonyl (C=O) groups excluding carboxylic acids is 1. The Hall–Kier alpha value is -2.92. The molecule has 1 aliphatic heterocycles. The number of halogens is 1. The number of rotatable bonds is 5. The fraction of sp³-hybridized carbons (Fsp3) is 0.136. The summed E-state index contributed by atoms with van der Waals surface area (Å²) in [4.78, 5) is 13.4. The predicted octanol–water partition coefficient (Wildman–Crippen LogP) is 5.59. The van der Waals surface area contributed by atoms with Crippen molar-refractivity contribution in [1.82, 2.24) is 0 Å². The Bertz CT molecular complexity index is 994. The monoisotopic (exact) mass is 379 g/mol. The van der Waals surface area contributed by atoms with E-state index in [-0.39, 0.29) is 17.6 Å². The molecule has 1 atom stereocenters. The summed E-state index contributed by atoms with van der Waals surface area (Å²) in [6.07, 6.45) is 2.07. The average molecular weight is 379 g/mol. The van der Waals surface area contributed by atoms with Crippen molar-refractivity contribution in [2.24, 2.45) is 0 Å². The van der Waals surface area contributed by atoms with Gasteiger partial charge in [0.05, 0.1) is 5.69 Å². The summed E-state index contributed by atoms with van der Waals surface area (Å²) in [5.74, 6) is 0.360. The van der Waals surface area contributed by atoms with Gasteiger partial charge in [-0.15, -0.1) is 11.3 Å². The van der Waals surface area contributed by atoms with Crippen LogP contribution in [0.5, 0.6) is 5.75 Å². The normalized spacial score (nSPS) is 15.7. The molecule has 5 heteroatoms. The minimum Gasteiger partial charge on any atom is -0.490 e. The van der Waals surface area contributed by atoms with E-state index in [0.717, 1.165) is 27.4 Å². The van der Waals surface area contributed by atoms with Crippen LogP contribution in [0, 0.1) is 5.82 Å². The maximum atomic E-state index is 14.3. The standard InChI is InChI=1S/C22H18FNO2S/c1-2-11-26-15-9-7-14(8-10-15)17-12-20(25)24-21-18(13-27-22(17)21)16-5-3-4-6-19(16)23/h2-10,13,17H,1,11-12H2,(H,24,25). The number of benzene rings is 2. The van der Waals surface area contributed by atoms with Gasteiger partial charge in [-0.1, -0.05) is 43.0 Å². The van der Waals surface area contributed by atoms with Crippen molar-refractivity contribution in [3.05, 3.63) is 82.8 Å². The fourth-order valence-electron chi connectivity index (χ4n) is 3.33. The first-order valence-electron chi connectivity index (χ1n) is 8.67.